The summed E-state index contributed by atoms with van der Waals surface area (Å²) in [7, 11) is 0. The number of morpholine rings is 1. The molecule has 2 aromatic carbocycles. The van der Waals surface area contributed by atoms with Gasteiger partial charge in [-0.3, -0.25) is 5.10 Å². The molecule has 8 nitrogen and oxygen atoms in total. The predicted octanol–water partition coefficient (Wildman–Crippen LogP) is 5.83. The Labute approximate surface area is 213 Å². The zero-order chi connectivity index (χ0) is 22.9. The van der Waals surface area contributed by atoms with Crippen molar-refractivity contribution in [2.75, 3.05) is 41.8 Å². The van der Waals surface area contributed by atoms with Crippen LogP contribution in [0.4, 0.5) is 28.8 Å². The number of aromatic amines is 1. The van der Waals surface area contributed by atoms with E-state index in [1.54, 1.807) is 11.3 Å². The average molecular weight is 583 g/mol. The minimum atomic E-state index is 0.566. The number of rotatable bonds is 6. The molecule has 0 saturated carbocycles. The Bertz CT molecular complexity index is 1460. The summed E-state index contributed by atoms with van der Waals surface area (Å²) in [6, 6.07) is 14.6. The highest BCUT2D eigenvalue weighted by atomic mass is 127. The number of benzene rings is 2. The standard InChI is InChI=1S/C24H22IN7OS/c25-13-15-11-18(2-4-21(15)32-6-8-33-9-7-32)28-24-29-20-5-10-34-22(20)23(30-24)27-17-1-3-19-16(12-17)14-26-31-19/h1-5,10-12,14H,6-9,13H2,(H,26,31)(H2,27,28,29,30). The number of nitrogens with one attached hydrogen (secondary N) is 3. The molecule has 0 bridgehead atoms. The third kappa shape index (κ3) is 4.28. The van der Waals surface area contributed by atoms with Gasteiger partial charge in [-0.1, -0.05) is 22.6 Å². The van der Waals surface area contributed by atoms with E-state index >= 15 is 0 Å². The van der Waals surface area contributed by atoms with Crippen molar-refractivity contribution in [3.05, 3.63) is 59.6 Å². The minimum Gasteiger partial charge on any atom is -0.378 e. The molecule has 5 aromatic rings. The molecule has 0 spiro atoms. The molecule has 1 aliphatic rings. The summed E-state index contributed by atoms with van der Waals surface area (Å²) in [5.41, 5.74) is 6.40. The second-order valence-electron chi connectivity index (χ2n) is 8.03. The maximum Gasteiger partial charge on any atom is 0.229 e. The van der Waals surface area contributed by atoms with Crippen LogP contribution in [0.2, 0.25) is 0 Å². The molecule has 0 atom stereocenters. The van der Waals surface area contributed by atoms with Crippen molar-refractivity contribution in [3.8, 4) is 0 Å². The number of fused-ring (bicyclic) bond motifs is 2. The summed E-state index contributed by atoms with van der Waals surface area (Å²) in [6.07, 6.45) is 1.82. The highest BCUT2D eigenvalue weighted by Crippen LogP contribution is 2.32. The van der Waals surface area contributed by atoms with Crippen LogP contribution in [-0.2, 0) is 9.16 Å². The van der Waals surface area contributed by atoms with Crippen LogP contribution in [-0.4, -0.2) is 46.5 Å². The van der Waals surface area contributed by atoms with Gasteiger partial charge in [0.25, 0.3) is 0 Å². The second-order valence-corrected chi connectivity index (χ2v) is 9.71. The molecule has 172 valence electrons. The van der Waals surface area contributed by atoms with Crippen molar-refractivity contribution < 1.29 is 4.74 Å². The van der Waals surface area contributed by atoms with Crippen LogP contribution in [0.25, 0.3) is 21.1 Å². The van der Waals surface area contributed by atoms with Crippen LogP contribution in [0.1, 0.15) is 5.56 Å². The Morgan fingerprint density at radius 1 is 1.03 bits per heavy atom. The average Bonchev–Trinajstić information content (AvgIpc) is 3.54. The number of hydrogen-bond donors (Lipinski definition) is 3. The van der Waals surface area contributed by atoms with Crippen LogP contribution in [0, 0.1) is 0 Å². The maximum atomic E-state index is 5.51. The Hall–Kier alpha value is -2.96. The molecule has 10 heteroatoms. The molecular weight excluding hydrogens is 561 g/mol. The first-order chi connectivity index (χ1) is 16.8. The fourth-order valence-corrected chi connectivity index (χ4v) is 5.56. The van der Waals surface area contributed by atoms with Gasteiger partial charge in [0.05, 0.1) is 35.1 Å². The number of halogens is 1. The zero-order valence-electron chi connectivity index (χ0n) is 18.2. The lowest BCUT2D eigenvalue weighted by Gasteiger charge is -2.30. The second kappa shape index (κ2) is 9.35. The maximum absolute atomic E-state index is 5.51. The number of nitrogens with zero attached hydrogens (tertiary/aromatic N) is 4. The quantitative estimate of drug-likeness (QED) is 0.171. The number of H-pyrrole nitrogens is 1. The minimum absolute atomic E-state index is 0.566. The van der Waals surface area contributed by atoms with E-state index in [0.717, 1.165) is 69.0 Å². The van der Waals surface area contributed by atoms with E-state index in [1.807, 2.05) is 29.8 Å². The van der Waals surface area contributed by atoms with Gasteiger partial charge in [-0.15, -0.1) is 11.3 Å². The summed E-state index contributed by atoms with van der Waals surface area (Å²) in [5.74, 6) is 1.35. The molecule has 0 aliphatic carbocycles. The Kier molecular flexibility index (Phi) is 5.93. The molecule has 0 amide bonds. The van der Waals surface area contributed by atoms with E-state index in [9.17, 15) is 0 Å². The van der Waals surface area contributed by atoms with Crippen LogP contribution in [0.3, 0.4) is 0 Å². The van der Waals surface area contributed by atoms with Crippen LogP contribution in [0.15, 0.2) is 54.0 Å². The van der Waals surface area contributed by atoms with Crippen molar-refractivity contribution >= 4 is 83.9 Å². The van der Waals surface area contributed by atoms with E-state index in [4.69, 9.17) is 14.7 Å². The summed E-state index contributed by atoms with van der Waals surface area (Å²) >= 11 is 4.05. The first kappa shape index (κ1) is 21.6. The summed E-state index contributed by atoms with van der Waals surface area (Å²) in [6.45, 7) is 3.40. The van der Waals surface area contributed by atoms with Crippen molar-refractivity contribution in [3.63, 3.8) is 0 Å². The SMILES string of the molecule is ICc1cc(Nc2nc(Nc3ccc4[nH]ncc4c3)c3sccc3n2)ccc1N1CCOCC1. The third-order valence-electron chi connectivity index (χ3n) is 5.84. The number of hydrogen-bond acceptors (Lipinski definition) is 8. The number of thiophene rings is 1. The topological polar surface area (TPSA) is 91.0 Å². The fraction of sp³-hybridized carbons (Fsp3) is 0.208. The highest BCUT2D eigenvalue weighted by Gasteiger charge is 2.16. The van der Waals surface area contributed by atoms with E-state index in [-0.39, 0.29) is 0 Å². The largest absolute Gasteiger partial charge is 0.378 e. The monoisotopic (exact) mass is 583 g/mol. The van der Waals surface area contributed by atoms with Crippen molar-refractivity contribution in [1.82, 2.24) is 20.2 Å². The summed E-state index contributed by atoms with van der Waals surface area (Å²) in [4.78, 5) is 12.0. The molecule has 0 radical (unpaired) electrons. The van der Waals surface area contributed by atoms with Crippen molar-refractivity contribution in [1.29, 1.82) is 0 Å². The van der Waals surface area contributed by atoms with Gasteiger partial charge in [0.15, 0.2) is 5.82 Å². The first-order valence-electron chi connectivity index (χ1n) is 11.0. The van der Waals surface area contributed by atoms with Crippen molar-refractivity contribution in [2.24, 2.45) is 0 Å². The zero-order valence-corrected chi connectivity index (χ0v) is 21.2. The highest BCUT2D eigenvalue weighted by molar-refractivity contribution is 14.1. The summed E-state index contributed by atoms with van der Waals surface area (Å²) in [5, 5.41) is 17.1. The lowest BCUT2D eigenvalue weighted by Crippen LogP contribution is -2.36. The van der Waals surface area contributed by atoms with E-state index < -0.39 is 0 Å². The molecule has 0 unspecified atom stereocenters. The summed E-state index contributed by atoms with van der Waals surface area (Å²) < 4.78 is 7.46. The molecule has 6 rings (SSSR count). The number of aromatic nitrogens is 4. The fourth-order valence-electron chi connectivity index (χ4n) is 4.17. The van der Waals surface area contributed by atoms with E-state index in [0.29, 0.717) is 5.95 Å². The van der Waals surface area contributed by atoms with Gasteiger partial charge in [0.1, 0.15) is 0 Å². The lowest BCUT2D eigenvalue weighted by molar-refractivity contribution is 0.122. The van der Waals surface area contributed by atoms with E-state index in [1.165, 1.54) is 11.3 Å². The van der Waals surface area contributed by atoms with Crippen LogP contribution < -0.4 is 15.5 Å². The van der Waals surface area contributed by atoms with Gasteiger partial charge in [0, 0.05) is 40.0 Å². The van der Waals surface area contributed by atoms with Gasteiger partial charge >= 0.3 is 0 Å². The number of anilines is 5. The Morgan fingerprint density at radius 3 is 2.76 bits per heavy atom. The number of alkyl halides is 1. The lowest BCUT2D eigenvalue weighted by atomic mass is 10.1. The molecule has 34 heavy (non-hydrogen) atoms. The Morgan fingerprint density at radius 2 is 1.88 bits per heavy atom. The molecule has 4 heterocycles. The smallest absolute Gasteiger partial charge is 0.229 e. The van der Waals surface area contributed by atoms with Gasteiger partial charge < -0.3 is 20.3 Å². The Balaban J connectivity index is 1.30. The van der Waals surface area contributed by atoms with Gasteiger partial charge in [-0.25, -0.2) is 4.98 Å². The molecular formula is C24H22IN7OS. The number of ether oxygens (including phenoxy) is 1. The molecule has 1 saturated heterocycles. The first-order valence-corrected chi connectivity index (χ1v) is 13.4. The van der Waals surface area contributed by atoms with Gasteiger partial charge in [-0.2, -0.15) is 10.1 Å². The van der Waals surface area contributed by atoms with Gasteiger partial charge in [-0.05, 0) is 53.4 Å². The molecule has 1 aliphatic heterocycles. The van der Waals surface area contributed by atoms with Crippen LogP contribution in [0.5, 0.6) is 0 Å². The molecule has 3 aromatic heterocycles. The van der Waals surface area contributed by atoms with Crippen molar-refractivity contribution in [2.45, 2.75) is 4.43 Å². The molecule has 1 fully saturated rings. The predicted molar refractivity (Wildman–Crippen MR) is 147 cm³/mol. The van der Waals surface area contributed by atoms with Crippen LogP contribution >= 0.6 is 33.9 Å². The normalized spacial score (nSPS) is 14.1. The third-order valence-corrected chi connectivity index (χ3v) is 7.57. The van der Waals surface area contributed by atoms with Gasteiger partial charge in [0.2, 0.25) is 5.95 Å². The molecule has 3 N–H and O–H groups in total. The van der Waals surface area contributed by atoms with E-state index in [2.05, 4.69) is 72.6 Å².